The van der Waals surface area contributed by atoms with Crippen molar-refractivity contribution in [2.75, 3.05) is 11.1 Å². The van der Waals surface area contributed by atoms with E-state index in [4.69, 9.17) is 4.74 Å². The van der Waals surface area contributed by atoms with E-state index in [0.717, 1.165) is 0 Å². The Morgan fingerprint density at radius 3 is 2.26 bits per heavy atom. The van der Waals surface area contributed by atoms with Gasteiger partial charge in [0.1, 0.15) is 17.4 Å². The van der Waals surface area contributed by atoms with Crippen LogP contribution in [-0.2, 0) is 11.3 Å². The molecule has 2 aromatic carbocycles. The van der Waals surface area contributed by atoms with Crippen LogP contribution in [0.5, 0.6) is 5.75 Å². The molecule has 1 N–H and O–H groups in total. The minimum absolute atomic E-state index is 0.126. The SMILES string of the molecule is CC(C)Cn1c(SCC(=O)Nc2ccc(F)cc2)nnc1C(C)Oc1ccc(F)cc1. The van der Waals surface area contributed by atoms with Crippen molar-refractivity contribution in [1.29, 1.82) is 0 Å². The number of amides is 1. The smallest absolute Gasteiger partial charge is 0.234 e. The van der Waals surface area contributed by atoms with Crippen LogP contribution in [0.15, 0.2) is 53.7 Å². The average Bonchev–Trinajstić information content (AvgIpc) is 3.12. The Labute approximate surface area is 184 Å². The Bertz CT molecular complexity index is 1010. The molecule has 0 spiro atoms. The standard InChI is InChI=1S/C22H24F2N4O2S/c1-14(2)12-28-21(15(3)30-19-10-6-17(24)7-11-19)26-27-22(28)31-13-20(29)25-18-8-4-16(23)5-9-18/h4-11,14-15H,12-13H2,1-3H3,(H,25,29). The molecule has 1 aromatic heterocycles. The van der Waals surface area contributed by atoms with Crippen LogP contribution in [0.25, 0.3) is 0 Å². The van der Waals surface area contributed by atoms with Gasteiger partial charge in [-0.2, -0.15) is 0 Å². The summed E-state index contributed by atoms with van der Waals surface area (Å²) >= 11 is 1.26. The number of carbonyl (C=O) groups is 1. The maximum atomic E-state index is 13.1. The highest BCUT2D eigenvalue weighted by molar-refractivity contribution is 7.99. The van der Waals surface area contributed by atoms with Gasteiger partial charge in [-0.3, -0.25) is 4.79 Å². The second kappa shape index (κ2) is 10.4. The second-order valence-corrected chi connectivity index (χ2v) is 8.35. The molecule has 0 aliphatic carbocycles. The summed E-state index contributed by atoms with van der Waals surface area (Å²) < 4.78 is 34.0. The number of thioether (sulfide) groups is 1. The number of halogens is 2. The van der Waals surface area contributed by atoms with E-state index in [1.54, 1.807) is 12.1 Å². The molecule has 1 amide bonds. The van der Waals surface area contributed by atoms with Gasteiger partial charge in [0.25, 0.3) is 0 Å². The number of nitrogens with zero attached hydrogens (tertiary/aromatic N) is 3. The Balaban J connectivity index is 1.68. The molecule has 0 fully saturated rings. The molecular weight excluding hydrogens is 422 g/mol. The van der Waals surface area contributed by atoms with Crippen molar-refractivity contribution >= 4 is 23.4 Å². The summed E-state index contributed by atoms with van der Waals surface area (Å²) in [4.78, 5) is 12.3. The van der Waals surface area contributed by atoms with Crippen molar-refractivity contribution < 1.29 is 18.3 Å². The fourth-order valence-corrected chi connectivity index (χ4v) is 3.63. The van der Waals surface area contributed by atoms with Crippen molar-refractivity contribution in [1.82, 2.24) is 14.8 Å². The number of benzene rings is 2. The number of rotatable bonds is 9. The lowest BCUT2D eigenvalue weighted by molar-refractivity contribution is -0.113. The molecule has 0 saturated heterocycles. The van der Waals surface area contributed by atoms with Crippen molar-refractivity contribution in [3.63, 3.8) is 0 Å². The summed E-state index contributed by atoms with van der Waals surface area (Å²) in [6.45, 7) is 6.65. The minimum atomic E-state index is -0.417. The van der Waals surface area contributed by atoms with E-state index < -0.39 is 6.10 Å². The van der Waals surface area contributed by atoms with E-state index in [1.165, 1.54) is 48.2 Å². The van der Waals surface area contributed by atoms with Crippen LogP contribution < -0.4 is 10.1 Å². The molecule has 3 aromatic rings. The molecule has 6 nitrogen and oxygen atoms in total. The van der Waals surface area contributed by atoms with Crippen LogP contribution in [0.4, 0.5) is 14.5 Å². The van der Waals surface area contributed by atoms with Crippen molar-refractivity contribution in [3.8, 4) is 5.75 Å². The third-order valence-electron chi connectivity index (χ3n) is 4.24. The Morgan fingerprint density at radius 1 is 1.03 bits per heavy atom. The number of anilines is 1. The molecule has 0 saturated carbocycles. The molecule has 1 heterocycles. The minimum Gasteiger partial charge on any atom is -0.483 e. The van der Waals surface area contributed by atoms with Gasteiger partial charge in [-0.15, -0.1) is 10.2 Å². The number of nitrogens with one attached hydrogen (secondary N) is 1. The highest BCUT2D eigenvalue weighted by Gasteiger charge is 2.21. The highest BCUT2D eigenvalue weighted by Crippen LogP contribution is 2.26. The lowest BCUT2D eigenvalue weighted by Gasteiger charge is -2.17. The lowest BCUT2D eigenvalue weighted by Crippen LogP contribution is -2.17. The second-order valence-electron chi connectivity index (χ2n) is 7.40. The third-order valence-corrected chi connectivity index (χ3v) is 5.21. The molecule has 31 heavy (non-hydrogen) atoms. The zero-order valence-electron chi connectivity index (χ0n) is 17.5. The van der Waals surface area contributed by atoms with Crippen LogP contribution in [0.2, 0.25) is 0 Å². The first-order chi connectivity index (χ1) is 14.8. The first-order valence-corrected chi connectivity index (χ1v) is 10.8. The molecule has 9 heteroatoms. The summed E-state index contributed by atoms with van der Waals surface area (Å²) in [6.07, 6.45) is -0.417. The largest absolute Gasteiger partial charge is 0.483 e. The van der Waals surface area contributed by atoms with Gasteiger partial charge in [0.2, 0.25) is 5.91 Å². The van der Waals surface area contributed by atoms with Gasteiger partial charge < -0.3 is 14.6 Å². The van der Waals surface area contributed by atoms with Gasteiger partial charge >= 0.3 is 0 Å². The van der Waals surface area contributed by atoms with Crippen LogP contribution in [0, 0.1) is 17.6 Å². The van der Waals surface area contributed by atoms with Crippen molar-refractivity contribution in [2.45, 2.75) is 38.6 Å². The molecular formula is C22H24F2N4O2S. The highest BCUT2D eigenvalue weighted by atomic mass is 32.2. The Morgan fingerprint density at radius 2 is 1.65 bits per heavy atom. The monoisotopic (exact) mass is 446 g/mol. The fraction of sp³-hybridized carbons (Fsp3) is 0.318. The topological polar surface area (TPSA) is 69.0 Å². The van der Waals surface area contributed by atoms with Gasteiger partial charge in [-0.1, -0.05) is 25.6 Å². The van der Waals surface area contributed by atoms with E-state index in [9.17, 15) is 13.6 Å². The van der Waals surface area contributed by atoms with E-state index in [0.29, 0.717) is 34.9 Å². The van der Waals surface area contributed by atoms with Gasteiger partial charge in [-0.05, 0) is 61.4 Å². The molecule has 1 atom stereocenters. The van der Waals surface area contributed by atoms with E-state index in [1.807, 2.05) is 11.5 Å². The number of carbonyl (C=O) groups excluding carboxylic acids is 1. The first kappa shape index (κ1) is 22.7. The molecule has 0 aliphatic heterocycles. The number of hydrogen-bond acceptors (Lipinski definition) is 5. The summed E-state index contributed by atoms with van der Waals surface area (Å²) in [7, 11) is 0. The van der Waals surface area contributed by atoms with Gasteiger partial charge in [0.15, 0.2) is 17.1 Å². The zero-order chi connectivity index (χ0) is 22.4. The van der Waals surface area contributed by atoms with Gasteiger partial charge in [0, 0.05) is 12.2 Å². The van der Waals surface area contributed by atoms with Crippen molar-refractivity contribution in [2.24, 2.45) is 5.92 Å². The van der Waals surface area contributed by atoms with E-state index >= 15 is 0 Å². The Kier molecular flexibility index (Phi) is 7.62. The summed E-state index contributed by atoms with van der Waals surface area (Å²) in [6, 6.07) is 11.4. The summed E-state index contributed by atoms with van der Waals surface area (Å²) in [5.41, 5.74) is 0.526. The fourth-order valence-electron chi connectivity index (χ4n) is 2.87. The zero-order valence-corrected chi connectivity index (χ0v) is 18.3. The lowest BCUT2D eigenvalue weighted by atomic mass is 10.2. The first-order valence-electron chi connectivity index (χ1n) is 9.85. The molecule has 0 bridgehead atoms. The van der Waals surface area contributed by atoms with Crippen LogP contribution in [0.3, 0.4) is 0 Å². The molecule has 0 aliphatic rings. The maximum absolute atomic E-state index is 13.1. The third kappa shape index (κ3) is 6.52. The van der Waals surface area contributed by atoms with Crippen molar-refractivity contribution in [3.05, 3.63) is 66.0 Å². The van der Waals surface area contributed by atoms with Gasteiger partial charge in [0.05, 0.1) is 5.75 Å². The number of ether oxygens (including phenoxy) is 1. The molecule has 3 rings (SSSR count). The molecule has 164 valence electrons. The average molecular weight is 447 g/mol. The Hall–Kier alpha value is -2.94. The normalized spacial score (nSPS) is 12.1. The number of hydrogen-bond donors (Lipinski definition) is 1. The van der Waals surface area contributed by atoms with E-state index in [-0.39, 0.29) is 23.3 Å². The van der Waals surface area contributed by atoms with Crippen LogP contribution in [0.1, 0.15) is 32.7 Å². The molecule has 0 radical (unpaired) electrons. The quantitative estimate of drug-likeness (QED) is 0.464. The predicted octanol–water partition coefficient (Wildman–Crippen LogP) is 5.08. The van der Waals surface area contributed by atoms with Crippen LogP contribution >= 0.6 is 11.8 Å². The maximum Gasteiger partial charge on any atom is 0.234 e. The molecule has 1 unspecified atom stereocenters. The van der Waals surface area contributed by atoms with Crippen LogP contribution in [-0.4, -0.2) is 26.4 Å². The number of aromatic nitrogens is 3. The van der Waals surface area contributed by atoms with Gasteiger partial charge in [-0.25, -0.2) is 8.78 Å². The van der Waals surface area contributed by atoms with E-state index in [2.05, 4.69) is 29.4 Å². The predicted molar refractivity (Wildman–Crippen MR) is 116 cm³/mol. The summed E-state index contributed by atoms with van der Waals surface area (Å²) in [5, 5.41) is 11.8. The summed E-state index contributed by atoms with van der Waals surface area (Å²) in [5.74, 6) is 0.675.